The van der Waals surface area contributed by atoms with Gasteiger partial charge in [-0.2, -0.15) is 0 Å². The first-order valence-corrected chi connectivity index (χ1v) is 10.1. The first kappa shape index (κ1) is 23.0. The molecule has 1 aromatic carbocycles. The number of benzene rings is 1. The Morgan fingerprint density at radius 3 is 2.60 bits per heavy atom. The van der Waals surface area contributed by atoms with Crippen molar-refractivity contribution in [2.75, 3.05) is 26.7 Å². The molecule has 0 saturated carbocycles. The summed E-state index contributed by atoms with van der Waals surface area (Å²) in [4.78, 5) is 22.1. The van der Waals surface area contributed by atoms with E-state index in [1.165, 1.54) is 9.96 Å². The summed E-state index contributed by atoms with van der Waals surface area (Å²) in [6, 6.07) is 16.5. The van der Waals surface area contributed by atoms with Crippen LogP contribution in [0.15, 0.2) is 59.5 Å². The van der Waals surface area contributed by atoms with E-state index in [1.54, 1.807) is 24.4 Å². The Kier molecular flexibility index (Phi) is 7.10. The predicted octanol–water partition coefficient (Wildman–Crippen LogP) is 3.93. The molecule has 2 aromatic heterocycles. The molecule has 3 aromatic rings. The summed E-state index contributed by atoms with van der Waals surface area (Å²) in [5.41, 5.74) is 2.80. The second kappa shape index (κ2) is 9.25. The number of aromatic nitrogens is 2. The van der Waals surface area contributed by atoms with E-state index >= 15 is 0 Å². The van der Waals surface area contributed by atoms with Crippen molar-refractivity contribution in [2.45, 2.75) is 12.6 Å². The molecule has 2 aliphatic rings. The number of fused-ring (bicyclic) bond motifs is 2. The van der Waals surface area contributed by atoms with Crippen LogP contribution in [-0.4, -0.2) is 45.9 Å². The standard InChI is InChI=1S/C22H23ClN4O.2ClH/c1-25-10-16-11-26(14-19(16)22(25)15-5-3-2-4-6-15)13-18-9-21(28)27-12-17(23)7-8-20(27)24-18;;/h2-9,12,16,19,22H,10-11,13-14H2,1H3;2*1H/t16-,19+,22-;;/m0../s1. The fourth-order valence-corrected chi connectivity index (χ4v) is 5.23. The smallest absolute Gasteiger partial charge is 0.258 e. The molecule has 2 saturated heterocycles. The largest absolute Gasteiger partial charge is 0.299 e. The van der Waals surface area contributed by atoms with Crippen LogP contribution >= 0.6 is 36.4 Å². The van der Waals surface area contributed by atoms with Gasteiger partial charge in [0.25, 0.3) is 5.56 Å². The molecule has 0 radical (unpaired) electrons. The Labute approximate surface area is 193 Å². The fourth-order valence-electron chi connectivity index (χ4n) is 5.07. The molecule has 0 unspecified atom stereocenters. The SMILES string of the molecule is CN1C[C@H]2CN(Cc3cc(=O)n4cc(Cl)ccc4n3)C[C@H]2[C@@H]1c1ccccc1.Cl.Cl. The molecule has 30 heavy (non-hydrogen) atoms. The van der Waals surface area contributed by atoms with E-state index in [2.05, 4.69) is 52.2 Å². The number of pyridine rings is 1. The summed E-state index contributed by atoms with van der Waals surface area (Å²) in [6.07, 6.45) is 1.62. The Bertz CT molecular complexity index is 1070. The Morgan fingerprint density at radius 2 is 1.83 bits per heavy atom. The molecular weight excluding hydrogens is 443 g/mol. The number of nitrogens with zero attached hydrogens (tertiary/aromatic N) is 4. The van der Waals surface area contributed by atoms with Crippen LogP contribution in [0, 0.1) is 11.8 Å². The van der Waals surface area contributed by atoms with E-state index < -0.39 is 0 Å². The van der Waals surface area contributed by atoms with Gasteiger partial charge < -0.3 is 0 Å². The molecule has 160 valence electrons. The summed E-state index contributed by atoms with van der Waals surface area (Å²) in [7, 11) is 2.23. The lowest BCUT2D eigenvalue weighted by Crippen LogP contribution is -2.29. The van der Waals surface area contributed by atoms with Gasteiger partial charge in [-0.05, 0) is 36.6 Å². The second-order valence-electron chi connectivity index (χ2n) is 8.07. The van der Waals surface area contributed by atoms with Crippen LogP contribution in [0.5, 0.6) is 0 Å². The van der Waals surface area contributed by atoms with Crippen LogP contribution in [-0.2, 0) is 6.54 Å². The number of rotatable bonds is 3. The van der Waals surface area contributed by atoms with E-state index in [1.807, 2.05) is 0 Å². The number of hydrogen-bond donors (Lipinski definition) is 0. The maximum absolute atomic E-state index is 12.4. The van der Waals surface area contributed by atoms with E-state index in [4.69, 9.17) is 11.6 Å². The van der Waals surface area contributed by atoms with Gasteiger partial charge in [-0.3, -0.25) is 19.0 Å². The maximum atomic E-state index is 12.4. The van der Waals surface area contributed by atoms with Gasteiger partial charge in [0.15, 0.2) is 0 Å². The van der Waals surface area contributed by atoms with Crippen LogP contribution in [0.2, 0.25) is 5.02 Å². The minimum atomic E-state index is -0.0798. The second-order valence-corrected chi connectivity index (χ2v) is 8.51. The highest BCUT2D eigenvalue weighted by Gasteiger charge is 2.45. The van der Waals surface area contributed by atoms with E-state index in [-0.39, 0.29) is 30.4 Å². The number of likely N-dealkylation sites (tertiary alicyclic amines) is 2. The maximum Gasteiger partial charge on any atom is 0.258 e. The third-order valence-corrected chi connectivity index (χ3v) is 6.40. The molecule has 8 heteroatoms. The summed E-state index contributed by atoms with van der Waals surface area (Å²) in [5, 5.41) is 0.535. The molecule has 2 fully saturated rings. The Balaban J connectivity index is 0.00000128. The lowest BCUT2D eigenvalue weighted by atomic mass is 9.90. The van der Waals surface area contributed by atoms with E-state index in [0.29, 0.717) is 35.1 Å². The van der Waals surface area contributed by atoms with Gasteiger partial charge in [0.05, 0.1) is 10.7 Å². The normalized spacial score (nSPS) is 23.7. The molecule has 0 spiro atoms. The summed E-state index contributed by atoms with van der Waals surface area (Å²) in [6.45, 7) is 3.93. The zero-order valence-electron chi connectivity index (χ0n) is 16.6. The summed E-state index contributed by atoms with van der Waals surface area (Å²) < 4.78 is 1.50. The van der Waals surface area contributed by atoms with E-state index in [9.17, 15) is 4.79 Å². The van der Waals surface area contributed by atoms with Crippen LogP contribution in [0.4, 0.5) is 0 Å². The van der Waals surface area contributed by atoms with Gasteiger partial charge in [-0.25, -0.2) is 4.98 Å². The van der Waals surface area contributed by atoms with Crippen LogP contribution in [0.1, 0.15) is 17.3 Å². The molecule has 0 N–H and O–H groups in total. The highest BCUT2D eigenvalue weighted by Crippen LogP contribution is 2.44. The molecule has 3 atom stereocenters. The first-order chi connectivity index (χ1) is 13.6. The fraction of sp³-hybridized carbons (Fsp3) is 0.364. The molecule has 5 nitrogen and oxygen atoms in total. The predicted molar refractivity (Wildman–Crippen MR) is 125 cm³/mol. The summed E-state index contributed by atoms with van der Waals surface area (Å²) in [5.74, 6) is 1.28. The number of hydrogen-bond acceptors (Lipinski definition) is 4. The zero-order valence-corrected chi connectivity index (χ0v) is 19.0. The highest BCUT2D eigenvalue weighted by atomic mass is 35.5. The Morgan fingerprint density at radius 1 is 1.07 bits per heavy atom. The van der Waals surface area contributed by atoms with E-state index in [0.717, 1.165) is 25.3 Å². The average molecular weight is 468 g/mol. The minimum Gasteiger partial charge on any atom is -0.299 e. The van der Waals surface area contributed by atoms with Gasteiger partial charge in [0.2, 0.25) is 0 Å². The zero-order chi connectivity index (χ0) is 19.3. The average Bonchev–Trinajstić information content (AvgIpc) is 3.18. The van der Waals surface area contributed by atoms with Crippen molar-refractivity contribution in [1.29, 1.82) is 0 Å². The minimum absolute atomic E-state index is 0. The molecule has 0 bridgehead atoms. The van der Waals surface area contributed by atoms with Crippen LogP contribution < -0.4 is 5.56 Å². The van der Waals surface area contributed by atoms with Gasteiger partial charge in [-0.1, -0.05) is 41.9 Å². The van der Waals surface area contributed by atoms with Crippen LogP contribution in [0.3, 0.4) is 0 Å². The van der Waals surface area contributed by atoms with Crippen molar-refractivity contribution < 1.29 is 0 Å². The third-order valence-electron chi connectivity index (χ3n) is 6.17. The summed E-state index contributed by atoms with van der Waals surface area (Å²) >= 11 is 6.00. The molecule has 0 amide bonds. The van der Waals surface area contributed by atoms with Crippen molar-refractivity contribution in [3.8, 4) is 0 Å². The molecule has 2 aliphatic heterocycles. The molecule has 4 heterocycles. The molecule has 5 rings (SSSR count). The number of halogens is 3. The highest BCUT2D eigenvalue weighted by molar-refractivity contribution is 6.30. The van der Waals surface area contributed by atoms with Crippen molar-refractivity contribution in [3.63, 3.8) is 0 Å². The molecular formula is C22H25Cl3N4O. The lowest BCUT2D eigenvalue weighted by Gasteiger charge is -2.26. The molecule has 0 aliphatic carbocycles. The topological polar surface area (TPSA) is 40.9 Å². The monoisotopic (exact) mass is 466 g/mol. The van der Waals surface area contributed by atoms with Crippen LogP contribution in [0.25, 0.3) is 5.65 Å². The quantitative estimate of drug-likeness (QED) is 0.585. The third kappa shape index (κ3) is 4.23. The first-order valence-electron chi connectivity index (χ1n) is 9.74. The van der Waals surface area contributed by atoms with Crippen molar-refractivity contribution in [1.82, 2.24) is 19.2 Å². The van der Waals surface area contributed by atoms with Crippen molar-refractivity contribution in [2.24, 2.45) is 11.8 Å². The van der Waals surface area contributed by atoms with Gasteiger partial charge in [0.1, 0.15) is 5.65 Å². The van der Waals surface area contributed by atoms with Gasteiger partial charge >= 0.3 is 0 Å². The van der Waals surface area contributed by atoms with Crippen molar-refractivity contribution in [3.05, 3.63) is 81.4 Å². The Hall–Kier alpha value is -1.63. The van der Waals surface area contributed by atoms with Crippen molar-refractivity contribution >= 4 is 42.1 Å². The van der Waals surface area contributed by atoms with Gasteiger partial charge in [-0.15, -0.1) is 24.8 Å². The lowest BCUT2D eigenvalue weighted by molar-refractivity contribution is 0.223. The van der Waals surface area contributed by atoms with Gasteiger partial charge in [0, 0.05) is 44.5 Å².